The Morgan fingerprint density at radius 1 is 1.15 bits per heavy atom. The predicted octanol–water partition coefficient (Wildman–Crippen LogP) is 3.97. The highest BCUT2D eigenvalue weighted by atomic mass is 19.2. The minimum Gasteiger partial charge on any atom is -0.366 e. The van der Waals surface area contributed by atoms with Crippen LogP contribution in [0.2, 0.25) is 0 Å². The molecule has 0 saturated heterocycles. The second-order valence-corrected chi connectivity index (χ2v) is 8.99. The molecule has 0 unspecified atom stereocenters. The first-order chi connectivity index (χ1) is 16.3. The molecule has 1 aliphatic carbocycles. The van der Waals surface area contributed by atoms with Crippen LogP contribution in [0.1, 0.15) is 37.1 Å². The highest BCUT2D eigenvalue weighted by Crippen LogP contribution is 2.56. The molecule has 3 N–H and O–H groups in total. The number of hydrogen-bond donors (Lipinski definition) is 2. The zero-order valence-corrected chi connectivity index (χ0v) is 18.3. The Morgan fingerprint density at radius 2 is 1.97 bits per heavy atom. The van der Waals surface area contributed by atoms with Gasteiger partial charge in [-0.1, -0.05) is 6.07 Å². The monoisotopic (exact) mass is 461 g/mol. The number of nitrogens with one attached hydrogen (secondary N) is 1. The lowest BCUT2D eigenvalue weighted by atomic mass is 10.0. The lowest BCUT2D eigenvalue weighted by Crippen LogP contribution is -2.41. The van der Waals surface area contributed by atoms with Crippen LogP contribution in [0.4, 0.5) is 25.2 Å². The van der Waals surface area contributed by atoms with Gasteiger partial charge in [0.15, 0.2) is 17.3 Å². The summed E-state index contributed by atoms with van der Waals surface area (Å²) in [5.74, 6) is -1.67. The third-order valence-corrected chi connectivity index (χ3v) is 6.69. The summed E-state index contributed by atoms with van der Waals surface area (Å²) >= 11 is 0. The van der Waals surface area contributed by atoms with E-state index in [2.05, 4.69) is 15.4 Å². The predicted molar refractivity (Wildman–Crippen MR) is 122 cm³/mol. The number of carbonyl (C=O) groups excluding carboxylic acids is 1. The molecule has 2 aliphatic rings. The van der Waals surface area contributed by atoms with Crippen molar-refractivity contribution >= 4 is 23.3 Å². The van der Waals surface area contributed by atoms with Crippen LogP contribution in [-0.4, -0.2) is 32.2 Å². The van der Waals surface area contributed by atoms with Crippen LogP contribution < -0.4 is 16.0 Å². The van der Waals surface area contributed by atoms with Crippen molar-refractivity contribution in [1.82, 2.24) is 24.9 Å². The van der Waals surface area contributed by atoms with E-state index < -0.39 is 17.7 Å². The molecule has 1 fully saturated rings. The molecule has 34 heavy (non-hydrogen) atoms. The first-order valence-corrected chi connectivity index (χ1v) is 11.0. The molecule has 172 valence electrons. The molecule has 0 radical (unpaired) electrons. The van der Waals surface area contributed by atoms with E-state index in [1.807, 2.05) is 24.4 Å². The summed E-state index contributed by atoms with van der Waals surface area (Å²) in [4.78, 5) is 23.9. The lowest BCUT2D eigenvalue weighted by Gasteiger charge is -2.22. The summed E-state index contributed by atoms with van der Waals surface area (Å²) in [6.07, 6.45) is 5.53. The average molecular weight is 461 g/mol. The second kappa shape index (κ2) is 7.21. The van der Waals surface area contributed by atoms with Gasteiger partial charge in [-0.25, -0.2) is 18.1 Å². The number of amides is 2. The summed E-state index contributed by atoms with van der Waals surface area (Å²) in [6.45, 7) is 2.28. The van der Waals surface area contributed by atoms with E-state index in [4.69, 9.17) is 10.7 Å². The smallest absolute Gasteiger partial charge is 0.322 e. The molecule has 4 heterocycles. The number of carbonyl (C=O) groups is 1. The van der Waals surface area contributed by atoms with Gasteiger partial charge in [0.1, 0.15) is 0 Å². The summed E-state index contributed by atoms with van der Waals surface area (Å²) in [5.41, 5.74) is 10.1. The molecule has 4 aromatic rings. The van der Waals surface area contributed by atoms with Crippen molar-refractivity contribution in [3.8, 4) is 11.1 Å². The first kappa shape index (κ1) is 20.5. The molecule has 10 heteroatoms. The molecule has 1 aliphatic heterocycles. The minimum atomic E-state index is -0.942. The summed E-state index contributed by atoms with van der Waals surface area (Å²) in [5, 5.41) is 7.01. The number of benzene rings is 1. The van der Waals surface area contributed by atoms with E-state index in [0.717, 1.165) is 47.5 Å². The van der Waals surface area contributed by atoms with Gasteiger partial charge >= 0.3 is 6.03 Å². The third-order valence-electron chi connectivity index (χ3n) is 6.69. The van der Waals surface area contributed by atoms with E-state index in [1.165, 1.54) is 6.07 Å². The lowest BCUT2D eigenvalue weighted by molar-refractivity contribution is 0.243. The maximum atomic E-state index is 13.7. The fraction of sp³-hybridized carbons (Fsp3) is 0.250. The second-order valence-electron chi connectivity index (χ2n) is 8.99. The van der Waals surface area contributed by atoms with Gasteiger partial charge in [-0.05, 0) is 61.2 Å². The summed E-state index contributed by atoms with van der Waals surface area (Å²) in [6, 6.07) is 8.55. The fourth-order valence-corrected chi connectivity index (χ4v) is 4.62. The normalized spacial score (nSPS) is 16.6. The quantitative estimate of drug-likeness (QED) is 0.481. The van der Waals surface area contributed by atoms with E-state index >= 15 is 0 Å². The molecule has 2 amide bonds. The number of nitrogen functional groups attached to an aromatic ring is 1. The van der Waals surface area contributed by atoms with Gasteiger partial charge in [0.2, 0.25) is 5.95 Å². The van der Waals surface area contributed by atoms with Gasteiger partial charge in [-0.15, -0.1) is 5.10 Å². The van der Waals surface area contributed by atoms with E-state index in [1.54, 1.807) is 22.5 Å². The Bertz CT molecular complexity index is 1460. The number of halogens is 2. The highest BCUT2D eigenvalue weighted by Gasteiger charge is 2.54. The van der Waals surface area contributed by atoms with Crippen molar-refractivity contribution in [3.05, 3.63) is 71.7 Å². The van der Waals surface area contributed by atoms with Crippen molar-refractivity contribution in [2.45, 2.75) is 31.2 Å². The molecule has 6 rings (SSSR count). The number of urea groups is 1. The molecule has 0 bridgehead atoms. The maximum absolute atomic E-state index is 13.7. The maximum Gasteiger partial charge on any atom is 0.322 e. The van der Waals surface area contributed by atoms with Crippen LogP contribution in [0.15, 0.2) is 48.8 Å². The van der Waals surface area contributed by atoms with Crippen molar-refractivity contribution < 1.29 is 13.6 Å². The minimum absolute atomic E-state index is 0.109. The number of fused-ring (bicyclic) bond motifs is 3. The highest BCUT2D eigenvalue weighted by molar-refractivity contribution is 5.96. The van der Waals surface area contributed by atoms with Crippen LogP contribution >= 0.6 is 0 Å². The number of nitrogens with zero attached hydrogens (tertiary/aromatic N) is 5. The largest absolute Gasteiger partial charge is 0.366 e. The number of pyridine rings is 2. The Labute approximate surface area is 193 Å². The Hall–Kier alpha value is -4.08. The van der Waals surface area contributed by atoms with Gasteiger partial charge in [0, 0.05) is 29.9 Å². The Morgan fingerprint density at radius 3 is 2.74 bits per heavy atom. The summed E-state index contributed by atoms with van der Waals surface area (Å²) < 4.78 is 28.6. The van der Waals surface area contributed by atoms with Gasteiger partial charge < -0.3 is 11.1 Å². The summed E-state index contributed by atoms with van der Waals surface area (Å²) in [7, 11) is 0. The van der Waals surface area contributed by atoms with Crippen molar-refractivity contribution in [2.24, 2.45) is 0 Å². The Kier molecular flexibility index (Phi) is 4.35. The average Bonchev–Trinajstić information content (AvgIpc) is 3.39. The van der Waals surface area contributed by atoms with Gasteiger partial charge in [0.25, 0.3) is 0 Å². The standard InChI is InChI=1S/C24H21F2N7O/c1-13(14-2-3-17(25)18(26)8-14)29-23(34)32-12-24(5-6-24)21-19(32)9-16(11-28-21)15-4-7-33-20(10-15)30-22(27)31-33/h2-4,7-11,13H,5-6,12H2,1H3,(H2,27,31)(H,29,34)/t13-/m0/s1. The molecule has 1 aromatic carbocycles. The number of anilines is 2. The van der Waals surface area contributed by atoms with E-state index in [9.17, 15) is 13.6 Å². The molecular formula is C24H21F2N7O. The fourth-order valence-electron chi connectivity index (χ4n) is 4.62. The van der Waals surface area contributed by atoms with Crippen LogP contribution in [0.5, 0.6) is 0 Å². The van der Waals surface area contributed by atoms with Crippen molar-refractivity contribution in [1.29, 1.82) is 0 Å². The number of nitrogens with two attached hydrogens (primary N) is 1. The topological polar surface area (TPSA) is 101 Å². The number of aromatic nitrogens is 4. The zero-order valence-electron chi connectivity index (χ0n) is 18.3. The molecular weight excluding hydrogens is 440 g/mol. The van der Waals surface area contributed by atoms with Gasteiger partial charge in [-0.2, -0.15) is 4.98 Å². The van der Waals surface area contributed by atoms with E-state index in [-0.39, 0.29) is 17.4 Å². The van der Waals surface area contributed by atoms with Crippen LogP contribution in [-0.2, 0) is 5.41 Å². The van der Waals surface area contributed by atoms with Crippen molar-refractivity contribution in [3.63, 3.8) is 0 Å². The Balaban J connectivity index is 1.31. The van der Waals surface area contributed by atoms with Gasteiger partial charge in [-0.3, -0.25) is 9.88 Å². The van der Waals surface area contributed by atoms with Crippen LogP contribution in [0, 0.1) is 11.6 Å². The molecule has 1 spiro atoms. The zero-order chi connectivity index (χ0) is 23.6. The van der Waals surface area contributed by atoms with Crippen molar-refractivity contribution in [2.75, 3.05) is 17.2 Å². The SMILES string of the molecule is C[C@H](NC(=O)N1CC2(CC2)c2ncc(-c3ccn4nc(N)nc4c3)cc21)c1ccc(F)c(F)c1. The van der Waals surface area contributed by atoms with Crippen LogP contribution in [0.3, 0.4) is 0 Å². The molecule has 8 nitrogen and oxygen atoms in total. The molecule has 3 aromatic heterocycles. The van der Waals surface area contributed by atoms with Gasteiger partial charge in [0.05, 0.1) is 17.4 Å². The third kappa shape index (κ3) is 3.25. The molecule has 1 atom stereocenters. The number of hydrogen-bond acceptors (Lipinski definition) is 5. The molecule has 1 saturated carbocycles. The number of rotatable bonds is 3. The van der Waals surface area contributed by atoms with E-state index in [0.29, 0.717) is 17.8 Å². The van der Waals surface area contributed by atoms with Crippen LogP contribution in [0.25, 0.3) is 16.8 Å². The first-order valence-electron chi connectivity index (χ1n) is 11.0.